The van der Waals surface area contributed by atoms with Crippen LogP contribution >= 0.6 is 0 Å². The Morgan fingerprint density at radius 1 is 1.14 bits per heavy atom. The van der Waals surface area contributed by atoms with Crippen molar-refractivity contribution >= 4 is 17.6 Å². The van der Waals surface area contributed by atoms with Crippen LogP contribution in [-0.2, 0) is 16.0 Å². The minimum atomic E-state index is -0.619. The number of amides is 1. The van der Waals surface area contributed by atoms with Crippen molar-refractivity contribution < 1.29 is 18.8 Å². The Labute approximate surface area is 162 Å². The van der Waals surface area contributed by atoms with E-state index in [2.05, 4.69) is 5.16 Å². The number of benzene rings is 2. The highest BCUT2D eigenvalue weighted by Crippen LogP contribution is 2.32. The van der Waals surface area contributed by atoms with E-state index >= 15 is 0 Å². The minimum absolute atomic E-state index is 0.0285. The van der Waals surface area contributed by atoms with Crippen LogP contribution in [0.2, 0.25) is 0 Å². The van der Waals surface area contributed by atoms with E-state index in [4.69, 9.17) is 9.26 Å². The number of ether oxygens (including phenoxy) is 1. The third kappa shape index (κ3) is 3.17. The lowest BCUT2D eigenvalue weighted by atomic mass is 10.1. The Morgan fingerprint density at radius 3 is 2.64 bits per heavy atom. The van der Waals surface area contributed by atoms with E-state index in [1.807, 2.05) is 61.5 Å². The molecule has 1 amide bonds. The zero-order valence-electron chi connectivity index (χ0n) is 15.7. The number of hydrogen-bond donors (Lipinski definition) is 0. The van der Waals surface area contributed by atoms with Gasteiger partial charge >= 0.3 is 5.97 Å². The molecule has 2 aromatic carbocycles. The summed E-state index contributed by atoms with van der Waals surface area (Å²) >= 11 is 0. The molecule has 3 aromatic rings. The molecule has 4 rings (SSSR count). The summed E-state index contributed by atoms with van der Waals surface area (Å²) in [5.41, 5.74) is 3.40. The minimum Gasteiger partial charge on any atom is -0.452 e. The van der Waals surface area contributed by atoms with Crippen LogP contribution in [0.25, 0.3) is 11.3 Å². The van der Waals surface area contributed by atoms with Gasteiger partial charge in [0.2, 0.25) is 0 Å². The molecule has 1 atom stereocenters. The van der Waals surface area contributed by atoms with Crippen molar-refractivity contribution in [2.75, 3.05) is 11.5 Å². The molecule has 0 radical (unpaired) electrons. The van der Waals surface area contributed by atoms with Crippen molar-refractivity contribution in [3.05, 3.63) is 71.5 Å². The van der Waals surface area contributed by atoms with E-state index in [1.54, 1.807) is 11.8 Å². The fraction of sp³-hybridized carbons (Fsp3) is 0.227. The summed E-state index contributed by atoms with van der Waals surface area (Å²) in [4.78, 5) is 27.1. The molecule has 6 nitrogen and oxygen atoms in total. The smallest absolute Gasteiger partial charge is 0.344 e. The number of hydrogen-bond acceptors (Lipinski definition) is 5. The highest BCUT2D eigenvalue weighted by Gasteiger charge is 2.31. The van der Waals surface area contributed by atoms with E-state index in [0.717, 1.165) is 23.2 Å². The van der Waals surface area contributed by atoms with Gasteiger partial charge in [-0.2, -0.15) is 0 Å². The van der Waals surface area contributed by atoms with Gasteiger partial charge in [-0.1, -0.05) is 53.7 Å². The van der Waals surface area contributed by atoms with Gasteiger partial charge in [0.05, 0.1) is 0 Å². The number of fused-ring (bicyclic) bond motifs is 1. The molecule has 6 heteroatoms. The number of para-hydroxylation sites is 1. The second kappa shape index (κ2) is 7.31. The molecule has 2 heterocycles. The first kappa shape index (κ1) is 18.0. The Hall–Kier alpha value is -3.41. The predicted octanol–water partition coefficient (Wildman–Crippen LogP) is 3.78. The number of aryl methyl sites for hydroxylation is 1. The van der Waals surface area contributed by atoms with Crippen molar-refractivity contribution in [2.24, 2.45) is 0 Å². The van der Waals surface area contributed by atoms with Crippen LogP contribution in [0, 0.1) is 6.92 Å². The highest BCUT2D eigenvalue weighted by atomic mass is 16.5. The summed E-state index contributed by atoms with van der Waals surface area (Å²) in [5.74, 6) is -0.511. The molecule has 0 bridgehead atoms. The number of aromatic nitrogens is 1. The number of anilines is 1. The van der Waals surface area contributed by atoms with Crippen LogP contribution in [0.5, 0.6) is 0 Å². The van der Waals surface area contributed by atoms with Crippen LogP contribution in [0.1, 0.15) is 28.6 Å². The molecule has 1 aliphatic rings. The SMILES string of the molecule is Cc1onc(-c2ccccc2)c1C(=O)OCC(=O)N1c2ccccc2C[C@H]1C. The van der Waals surface area contributed by atoms with Gasteiger partial charge in [0.25, 0.3) is 5.91 Å². The lowest BCUT2D eigenvalue weighted by molar-refractivity contribution is -0.122. The largest absolute Gasteiger partial charge is 0.452 e. The molecular weight excluding hydrogens is 356 g/mol. The van der Waals surface area contributed by atoms with E-state index in [1.165, 1.54) is 0 Å². The van der Waals surface area contributed by atoms with E-state index in [-0.39, 0.29) is 24.1 Å². The first-order valence-electron chi connectivity index (χ1n) is 9.15. The molecule has 0 N–H and O–H groups in total. The van der Waals surface area contributed by atoms with E-state index in [9.17, 15) is 9.59 Å². The van der Waals surface area contributed by atoms with Gasteiger partial charge in [-0.25, -0.2) is 4.79 Å². The van der Waals surface area contributed by atoms with Crippen LogP contribution in [0.3, 0.4) is 0 Å². The fourth-order valence-electron chi connectivity index (χ4n) is 3.62. The monoisotopic (exact) mass is 376 g/mol. The molecule has 0 saturated heterocycles. The summed E-state index contributed by atoms with van der Waals surface area (Å²) in [6.07, 6.45) is 0.790. The van der Waals surface area contributed by atoms with E-state index < -0.39 is 5.97 Å². The second-order valence-corrected chi connectivity index (χ2v) is 6.85. The lowest BCUT2D eigenvalue weighted by Crippen LogP contribution is -2.38. The predicted molar refractivity (Wildman–Crippen MR) is 104 cm³/mol. The van der Waals surface area contributed by atoms with Gasteiger partial charge in [-0.05, 0) is 31.9 Å². The van der Waals surface area contributed by atoms with Crippen molar-refractivity contribution in [3.8, 4) is 11.3 Å². The molecular formula is C22H20N2O4. The number of carbonyl (C=O) groups excluding carboxylic acids is 2. The molecule has 0 saturated carbocycles. The van der Waals surface area contributed by atoms with Crippen molar-refractivity contribution in [2.45, 2.75) is 26.3 Å². The maximum atomic E-state index is 12.7. The second-order valence-electron chi connectivity index (χ2n) is 6.85. The standard InChI is InChI=1S/C22H20N2O4/c1-14-12-17-10-6-7-11-18(17)24(14)19(25)13-27-22(26)20-15(2)28-23-21(20)16-8-4-3-5-9-16/h3-11,14H,12-13H2,1-2H3/t14-/m1/s1. The zero-order chi connectivity index (χ0) is 19.7. The van der Waals surface area contributed by atoms with E-state index in [0.29, 0.717) is 11.5 Å². The summed E-state index contributed by atoms with van der Waals surface area (Å²) in [7, 11) is 0. The molecule has 0 spiro atoms. The first-order chi connectivity index (χ1) is 13.6. The van der Waals surface area contributed by atoms with Gasteiger partial charge in [0.15, 0.2) is 6.61 Å². The molecule has 0 fully saturated rings. The molecule has 142 valence electrons. The molecule has 0 aliphatic carbocycles. The van der Waals surface area contributed by atoms with Crippen molar-refractivity contribution in [1.82, 2.24) is 5.16 Å². The van der Waals surface area contributed by atoms with Crippen LogP contribution in [0.15, 0.2) is 59.1 Å². The highest BCUT2D eigenvalue weighted by molar-refractivity contribution is 6.01. The number of rotatable bonds is 4. The van der Waals surface area contributed by atoms with Crippen LogP contribution in [0.4, 0.5) is 5.69 Å². The number of esters is 1. The topological polar surface area (TPSA) is 72.6 Å². The third-order valence-corrected chi connectivity index (χ3v) is 4.92. The van der Waals surface area contributed by atoms with Gasteiger partial charge in [0, 0.05) is 17.3 Å². The summed E-state index contributed by atoms with van der Waals surface area (Å²) < 4.78 is 10.5. The Kier molecular flexibility index (Phi) is 4.69. The molecule has 28 heavy (non-hydrogen) atoms. The zero-order valence-corrected chi connectivity index (χ0v) is 15.7. The molecule has 0 unspecified atom stereocenters. The van der Waals surface area contributed by atoms with Gasteiger partial charge < -0.3 is 14.2 Å². The summed E-state index contributed by atoms with van der Waals surface area (Å²) in [6.45, 7) is 3.30. The quantitative estimate of drug-likeness (QED) is 0.648. The maximum Gasteiger partial charge on any atom is 0.344 e. The van der Waals surface area contributed by atoms with Crippen LogP contribution < -0.4 is 4.90 Å². The van der Waals surface area contributed by atoms with Crippen molar-refractivity contribution in [3.63, 3.8) is 0 Å². The van der Waals surface area contributed by atoms with Gasteiger partial charge in [0.1, 0.15) is 17.0 Å². The molecule has 1 aromatic heterocycles. The summed E-state index contributed by atoms with van der Waals surface area (Å²) in [5, 5.41) is 3.98. The molecule has 1 aliphatic heterocycles. The Morgan fingerprint density at radius 2 is 1.86 bits per heavy atom. The average Bonchev–Trinajstić information content (AvgIpc) is 3.25. The first-order valence-corrected chi connectivity index (χ1v) is 9.15. The normalized spacial score (nSPS) is 15.4. The number of nitrogens with zero attached hydrogens (tertiary/aromatic N) is 2. The van der Waals surface area contributed by atoms with Gasteiger partial charge in [-0.3, -0.25) is 4.79 Å². The van der Waals surface area contributed by atoms with Crippen LogP contribution in [-0.4, -0.2) is 29.7 Å². The maximum absolute atomic E-state index is 12.7. The lowest BCUT2D eigenvalue weighted by Gasteiger charge is -2.22. The Balaban J connectivity index is 1.50. The third-order valence-electron chi connectivity index (χ3n) is 4.92. The Bertz CT molecular complexity index is 1030. The number of carbonyl (C=O) groups is 2. The fourth-order valence-corrected chi connectivity index (χ4v) is 3.62. The average molecular weight is 376 g/mol. The van der Waals surface area contributed by atoms with Crippen molar-refractivity contribution in [1.29, 1.82) is 0 Å². The van der Waals surface area contributed by atoms with Gasteiger partial charge in [-0.15, -0.1) is 0 Å². The summed E-state index contributed by atoms with van der Waals surface area (Å²) in [6, 6.07) is 17.1.